The van der Waals surface area contributed by atoms with Crippen molar-refractivity contribution in [1.82, 2.24) is 20.4 Å². The zero-order valence-corrected chi connectivity index (χ0v) is 16.2. The molecule has 2 aliphatic rings. The molecule has 144 valence electrons. The van der Waals surface area contributed by atoms with Gasteiger partial charge < -0.3 is 15.5 Å². The fourth-order valence-corrected chi connectivity index (χ4v) is 3.31. The Morgan fingerprint density at radius 1 is 1.26 bits per heavy atom. The van der Waals surface area contributed by atoms with Crippen molar-refractivity contribution in [3.05, 3.63) is 46.7 Å². The molecule has 7 heteroatoms. The van der Waals surface area contributed by atoms with Gasteiger partial charge in [-0.25, -0.2) is 4.79 Å². The molecule has 0 fully saturated rings. The first kappa shape index (κ1) is 18.9. The van der Waals surface area contributed by atoms with Crippen LogP contribution in [0.4, 0.5) is 4.79 Å². The minimum absolute atomic E-state index is 0.0127. The van der Waals surface area contributed by atoms with Gasteiger partial charge in [-0.15, -0.1) is 0 Å². The number of hydrogen-bond acceptors (Lipinski definition) is 3. The Morgan fingerprint density at radius 3 is 2.56 bits per heavy atom. The van der Waals surface area contributed by atoms with Crippen molar-refractivity contribution in [3.8, 4) is 0 Å². The second kappa shape index (κ2) is 7.42. The Hall–Kier alpha value is -2.83. The summed E-state index contributed by atoms with van der Waals surface area (Å²) >= 11 is 0. The number of benzene rings is 1. The van der Waals surface area contributed by atoms with E-state index in [1.54, 1.807) is 7.05 Å². The van der Waals surface area contributed by atoms with Gasteiger partial charge >= 0.3 is 6.03 Å². The van der Waals surface area contributed by atoms with Crippen molar-refractivity contribution in [1.29, 1.82) is 0 Å². The van der Waals surface area contributed by atoms with Crippen LogP contribution in [0.2, 0.25) is 0 Å². The van der Waals surface area contributed by atoms with Gasteiger partial charge in [-0.3, -0.25) is 14.5 Å². The summed E-state index contributed by atoms with van der Waals surface area (Å²) in [6.07, 6.45) is 0. The van der Waals surface area contributed by atoms with Crippen molar-refractivity contribution < 1.29 is 14.4 Å². The molecule has 0 saturated heterocycles. The van der Waals surface area contributed by atoms with Crippen LogP contribution < -0.4 is 10.6 Å². The highest BCUT2D eigenvalue weighted by atomic mass is 16.2. The van der Waals surface area contributed by atoms with E-state index in [4.69, 9.17) is 0 Å². The summed E-state index contributed by atoms with van der Waals surface area (Å²) in [6, 6.07) is 7.00. The SMILES string of the molecule is Cc1ccc([C@@H]2NC(=O)N(C)C3=C2C(=O)N(CC(=O)NCC(C)C)C3)cc1. The molecule has 0 spiro atoms. The first-order valence-corrected chi connectivity index (χ1v) is 9.17. The van der Waals surface area contributed by atoms with Crippen LogP contribution in [0.15, 0.2) is 35.5 Å². The van der Waals surface area contributed by atoms with Crippen molar-refractivity contribution >= 4 is 17.8 Å². The summed E-state index contributed by atoms with van der Waals surface area (Å²) < 4.78 is 0. The Morgan fingerprint density at radius 2 is 1.93 bits per heavy atom. The van der Waals surface area contributed by atoms with E-state index in [0.717, 1.165) is 11.1 Å². The molecular formula is C20H26N4O3. The van der Waals surface area contributed by atoms with Gasteiger partial charge in [-0.1, -0.05) is 43.7 Å². The first-order chi connectivity index (χ1) is 12.8. The molecule has 4 amide bonds. The smallest absolute Gasteiger partial charge is 0.322 e. The first-order valence-electron chi connectivity index (χ1n) is 9.17. The quantitative estimate of drug-likeness (QED) is 0.825. The highest BCUT2D eigenvalue weighted by molar-refractivity contribution is 6.02. The molecule has 2 heterocycles. The highest BCUT2D eigenvalue weighted by Gasteiger charge is 2.43. The summed E-state index contributed by atoms with van der Waals surface area (Å²) in [4.78, 5) is 40.5. The number of amides is 4. The molecule has 2 N–H and O–H groups in total. The van der Waals surface area contributed by atoms with Gasteiger partial charge in [0, 0.05) is 13.6 Å². The van der Waals surface area contributed by atoms with Crippen LogP contribution in [-0.2, 0) is 9.59 Å². The van der Waals surface area contributed by atoms with Crippen LogP contribution in [0.3, 0.4) is 0 Å². The normalized spacial score (nSPS) is 19.5. The van der Waals surface area contributed by atoms with E-state index in [1.807, 2.05) is 45.0 Å². The number of carbonyl (C=O) groups is 3. The summed E-state index contributed by atoms with van der Waals surface area (Å²) in [5, 5.41) is 5.73. The zero-order valence-electron chi connectivity index (χ0n) is 16.2. The van der Waals surface area contributed by atoms with E-state index >= 15 is 0 Å². The van der Waals surface area contributed by atoms with Gasteiger partial charge in [0.2, 0.25) is 5.91 Å². The maximum absolute atomic E-state index is 13.0. The maximum Gasteiger partial charge on any atom is 0.322 e. The molecule has 7 nitrogen and oxygen atoms in total. The molecule has 1 aromatic rings. The second-order valence-corrected chi connectivity index (χ2v) is 7.57. The van der Waals surface area contributed by atoms with Crippen LogP contribution >= 0.6 is 0 Å². The Labute approximate surface area is 159 Å². The molecule has 0 aliphatic carbocycles. The van der Waals surface area contributed by atoms with Crippen LogP contribution in [0, 0.1) is 12.8 Å². The van der Waals surface area contributed by atoms with Gasteiger partial charge in [0.15, 0.2) is 0 Å². The number of nitrogens with zero attached hydrogens (tertiary/aromatic N) is 2. The molecule has 0 aromatic heterocycles. The number of rotatable bonds is 5. The van der Waals surface area contributed by atoms with Crippen molar-refractivity contribution in [2.24, 2.45) is 5.92 Å². The minimum atomic E-state index is -0.500. The lowest BCUT2D eigenvalue weighted by Crippen LogP contribution is -2.45. The van der Waals surface area contributed by atoms with Crippen molar-refractivity contribution in [2.45, 2.75) is 26.8 Å². The molecule has 1 atom stereocenters. The van der Waals surface area contributed by atoms with Gasteiger partial charge in [-0.05, 0) is 18.4 Å². The van der Waals surface area contributed by atoms with E-state index in [-0.39, 0.29) is 30.9 Å². The Kier molecular flexibility index (Phi) is 5.21. The number of aryl methyl sites for hydroxylation is 1. The predicted octanol–water partition coefficient (Wildman–Crippen LogP) is 1.56. The van der Waals surface area contributed by atoms with E-state index in [2.05, 4.69) is 10.6 Å². The molecule has 0 saturated carbocycles. The average molecular weight is 370 g/mol. The number of likely N-dealkylation sites (N-methyl/N-ethyl adjacent to an activating group) is 1. The third-order valence-electron chi connectivity index (χ3n) is 4.89. The fraction of sp³-hybridized carbons (Fsp3) is 0.450. The molecule has 1 aromatic carbocycles. The molecule has 0 radical (unpaired) electrons. The van der Waals surface area contributed by atoms with E-state index in [0.29, 0.717) is 23.7 Å². The van der Waals surface area contributed by atoms with E-state index in [1.165, 1.54) is 9.80 Å². The molecule has 0 unspecified atom stereocenters. The monoisotopic (exact) mass is 370 g/mol. The minimum Gasteiger partial charge on any atom is -0.354 e. The predicted molar refractivity (Wildman–Crippen MR) is 102 cm³/mol. The third-order valence-corrected chi connectivity index (χ3v) is 4.89. The Bertz CT molecular complexity index is 798. The van der Waals surface area contributed by atoms with Crippen LogP contribution in [-0.4, -0.2) is 54.3 Å². The Balaban J connectivity index is 1.82. The van der Waals surface area contributed by atoms with Gasteiger partial charge in [0.1, 0.15) is 6.54 Å². The van der Waals surface area contributed by atoms with E-state index in [9.17, 15) is 14.4 Å². The lowest BCUT2D eigenvalue weighted by Gasteiger charge is -2.31. The molecule has 27 heavy (non-hydrogen) atoms. The van der Waals surface area contributed by atoms with Gasteiger partial charge in [0.05, 0.1) is 23.9 Å². The molecular weight excluding hydrogens is 344 g/mol. The number of hydrogen-bond donors (Lipinski definition) is 2. The van der Waals surface area contributed by atoms with E-state index < -0.39 is 6.04 Å². The van der Waals surface area contributed by atoms with Gasteiger partial charge in [-0.2, -0.15) is 0 Å². The topological polar surface area (TPSA) is 81.8 Å². The summed E-state index contributed by atoms with van der Waals surface area (Å²) in [7, 11) is 1.64. The summed E-state index contributed by atoms with van der Waals surface area (Å²) in [5.74, 6) is -0.0544. The average Bonchev–Trinajstić information content (AvgIpc) is 2.94. The van der Waals surface area contributed by atoms with Crippen LogP contribution in [0.1, 0.15) is 31.0 Å². The van der Waals surface area contributed by atoms with Crippen LogP contribution in [0.25, 0.3) is 0 Å². The van der Waals surface area contributed by atoms with Gasteiger partial charge in [0.25, 0.3) is 5.91 Å². The second-order valence-electron chi connectivity index (χ2n) is 7.57. The number of nitrogens with one attached hydrogen (secondary N) is 2. The number of carbonyl (C=O) groups excluding carboxylic acids is 3. The number of urea groups is 1. The zero-order chi connectivity index (χ0) is 19.7. The molecule has 2 aliphatic heterocycles. The largest absolute Gasteiger partial charge is 0.354 e. The molecule has 3 rings (SSSR count). The lowest BCUT2D eigenvalue weighted by atomic mass is 9.95. The highest BCUT2D eigenvalue weighted by Crippen LogP contribution is 2.35. The molecule has 0 bridgehead atoms. The summed E-state index contributed by atoms with van der Waals surface area (Å²) in [6.45, 7) is 6.83. The van der Waals surface area contributed by atoms with Crippen LogP contribution in [0.5, 0.6) is 0 Å². The van der Waals surface area contributed by atoms with Crippen molar-refractivity contribution in [2.75, 3.05) is 26.7 Å². The maximum atomic E-state index is 13.0. The fourth-order valence-electron chi connectivity index (χ4n) is 3.31. The summed E-state index contributed by atoms with van der Waals surface area (Å²) in [5.41, 5.74) is 3.16. The van der Waals surface area contributed by atoms with Crippen molar-refractivity contribution in [3.63, 3.8) is 0 Å². The standard InChI is InChI=1S/C20H26N4O3/c1-12(2)9-21-16(25)11-24-10-15-17(19(24)26)18(22-20(27)23(15)4)14-7-5-13(3)6-8-14/h5-8,12,18H,9-11H2,1-4H3,(H,21,25)(H,22,27)/t18-/m0/s1. The third kappa shape index (κ3) is 3.82. The lowest BCUT2D eigenvalue weighted by molar-refractivity contribution is -0.132.